The molecule has 0 aliphatic carbocycles. The van der Waals surface area contributed by atoms with Gasteiger partial charge in [0, 0.05) is 0 Å². The smallest absolute Gasteiger partial charge is 0.263 e. The molecule has 108 valence electrons. The van der Waals surface area contributed by atoms with E-state index in [4.69, 9.17) is 10.3 Å². The Morgan fingerprint density at radius 2 is 1.90 bits per heavy atom. The fourth-order valence-electron chi connectivity index (χ4n) is 1.70. The Balaban J connectivity index is 2.47. The number of aryl methyl sites for hydroxylation is 1. The van der Waals surface area contributed by atoms with E-state index in [0.717, 1.165) is 0 Å². The molecule has 0 aliphatic rings. The Bertz CT molecular complexity index is 632. The standard InChI is InChI=1S/C14H17F2N3O/c1-7-5-6-8(15)9(10(7)16)13-18-12(19-20-13)11(17)14(2,3)4/h5-6,11H,17H2,1-4H3. The molecule has 0 saturated carbocycles. The maximum Gasteiger partial charge on any atom is 0.263 e. The van der Waals surface area contributed by atoms with Crippen molar-refractivity contribution in [3.8, 4) is 11.5 Å². The number of aromatic nitrogens is 2. The number of nitrogens with two attached hydrogens (primary N) is 1. The van der Waals surface area contributed by atoms with E-state index >= 15 is 0 Å². The molecule has 2 aromatic rings. The van der Waals surface area contributed by atoms with Crippen molar-refractivity contribution in [3.05, 3.63) is 35.2 Å². The molecule has 1 aromatic heterocycles. The highest BCUT2D eigenvalue weighted by atomic mass is 19.1. The van der Waals surface area contributed by atoms with Gasteiger partial charge in [-0.2, -0.15) is 4.98 Å². The molecule has 1 atom stereocenters. The van der Waals surface area contributed by atoms with Crippen molar-refractivity contribution in [3.63, 3.8) is 0 Å². The molecule has 2 N–H and O–H groups in total. The van der Waals surface area contributed by atoms with Crippen LogP contribution in [0.5, 0.6) is 0 Å². The van der Waals surface area contributed by atoms with Crippen molar-refractivity contribution < 1.29 is 13.3 Å². The van der Waals surface area contributed by atoms with Gasteiger partial charge in [0.25, 0.3) is 5.89 Å². The molecular weight excluding hydrogens is 264 g/mol. The van der Waals surface area contributed by atoms with E-state index in [-0.39, 0.29) is 22.7 Å². The summed E-state index contributed by atoms with van der Waals surface area (Å²) in [7, 11) is 0. The molecule has 1 heterocycles. The third kappa shape index (κ3) is 2.56. The number of rotatable bonds is 2. The van der Waals surface area contributed by atoms with Gasteiger partial charge in [-0.05, 0) is 24.0 Å². The van der Waals surface area contributed by atoms with E-state index in [1.807, 2.05) is 20.8 Å². The van der Waals surface area contributed by atoms with E-state index in [0.29, 0.717) is 5.56 Å². The van der Waals surface area contributed by atoms with Crippen LogP contribution in [-0.2, 0) is 0 Å². The first-order chi connectivity index (χ1) is 9.21. The second kappa shape index (κ2) is 4.94. The summed E-state index contributed by atoms with van der Waals surface area (Å²) in [5.41, 5.74) is 5.70. The van der Waals surface area contributed by atoms with Crippen LogP contribution in [0.4, 0.5) is 8.78 Å². The topological polar surface area (TPSA) is 64.9 Å². The highest BCUT2D eigenvalue weighted by Gasteiger charge is 2.28. The van der Waals surface area contributed by atoms with Gasteiger partial charge in [-0.25, -0.2) is 8.78 Å². The van der Waals surface area contributed by atoms with Crippen LogP contribution in [0.1, 0.15) is 38.2 Å². The average molecular weight is 281 g/mol. The molecule has 4 nitrogen and oxygen atoms in total. The van der Waals surface area contributed by atoms with Crippen molar-refractivity contribution in [1.29, 1.82) is 0 Å². The van der Waals surface area contributed by atoms with Gasteiger partial charge >= 0.3 is 0 Å². The molecule has 20 heavy (non-hydrogen) atoms. The first-order valence-corrected chi connectivity index (χ1v) is 6.26. The highest BCUT2D eigenvalue weighted by molar-refractivity contribution is 5.56. The number of halogens is 2. The molecule has 6 heteroatoms. The van der Waals surface area contributed by atoms with E-state index in [2.05, 4.69) is 10.1 Å². The van der Waals surface area contributed by atoms with Gasteiger partial charge in [0.2, 0.25) is 0 Å². The third-order valence-electron chi connectivity index (χ3n) is 3.15. The summed E-state index contributed by atoms with van der Waals surface area (Å²) in [5.74, 6) is -1.41. The molecule has 0 saturated heterocycles. The quantitative estimate of drug-likeness (QED) is 0.916. The van der Waals surface area contributed by atoms with Crippen LogP contribution in [0.25, 0.3) is 11.5 Å². The van der Waals surface area contributed by atoms with Gasteiger partial charge in [0.15, 0.2) is 5.82 Å². The molecule has 0 fully saturated rings. The molecular formula is C14H17F2N3O. The SMILES string of the molecule is Cc1ccc(F)c(-c2nc(C(N)C(C)(C)C)no2)c1F. The lowest BCUT2D eigenvalue weighted by Crippen LogP contribution is -2.27. The second-order valence-electron chi connectivity index (χ2n) is 5.85. The predicted molar refractivity (Wildman–Crippen MR) is 70.8 cm³/mol. The Labute approximate surface area is 116 Å². The maximum absolute atomic E-state index is 14.0. The van der Waals surface area contributed by atoms with E-state index < -0.39 is 17.7 Å². The Kier molecular flexibility index (Phi) is 3.60. The zero-order chi connectivity index (χ0) is 15.1. The Morgan fingerprint density at radius 3 is 2.50 bits per heavy atom. The zero-order valence-electron chi connectivity index (χ0n) is 11.9. The third-order valence-corrected chi connectivity index (χ3v) is 3.15. The first kappa shape index (κ1) is 14.6. The Hall–Kier alpha value is -1.82. The fourth-order valence-corrected chi connectivity index (χ4v) is 1.70. The summed E-state index contributed by atoms with van der Waals surface area (Å²) in [6, 6.07) is 2.03. The lowest BCUT2D eigenvalue weighted by molar-refractivity contribution is 0.303. The van der Waals surface area contributed by atoms with Gasteiger partial charge in [0.05, 0.1) is 6.04 Å². The maximum atomic E-state index is 14.0. The summed E-state index contributed by atoms with van der Waals surface area (Å²) in [5, 5.41) is 3.73. The lowest BCUT2D eigenvalue weighted by atomic mass is 9.87. The monoisotopic (exact) mass is 281 g/mol. The largest absolute Gasteiger partial charge is 0.334 e. The van der Waals surface area contributed by atoms with E-state index in [9.17, 15) is 8.78 Å². The molecule has 0 aliphatic heterocycles. The van der Waals surface area contributed by atoms with E-state index in [1.165, 1.54) is 19.1 Å². The number of hydrogen-bond donors (Lipinski definition) is 1. The minimum atomic E-state index is -0.743. The normalized spacial score (nSPS) is 13.6. The van der Waals surface area contributed by atoms with Crippen molar-refractivity contribution in [2.24, 2.45) is 11.1 Å². The summed E-state index contributed by atoms with van der Waals surface area (Å²) in [6.45, 7) is 7.29. The molecule has 0 bridgehead atoms. The van der Waals surface area contributed by atoms with Crippen molar-refractivity contribution >= 4 is 0 Å². The summed E-state index contributed by atoms with van der Waals surface area (Å²) in [6.07, 6.45) is 0. The summed E-state index contributed by atoms with van der Waals surface area (Å²) >= 11 is 0. The van der Waals surface area contributed by atoms with Gasteiger partial charge < -0.3 is 10.3 Å². The van der Waals surface area contributed by atoms with Crippen LogP contribution in [0.15, 0.2) is 16.7 Å². The van der Waals surface area contributed by atoms with Crippen molar-refractivity contribution in [2.75, 3.05) is 0 Å². The van der Waals surface area contributed by atoms with Crippen LogP contribution in [0.3, 0.4) is 0 Å². The summed E-state index contributed by atoms with van der Waals surface area (Å²) < 4.78 is 32.7. The average Bonchev–Trinajstić information content (AvgIpc) is 2.81. The Morgan fingerprint density at radius 1 is 1.25 bits per heavy atom. The van der Waals surface area contributed by atoms with Crippen LogP contribution >= 0.6 is 0 Å². The first-order valence-electron chi connectivity index (χ1n) is 6.26. The lowest BCUT2D eigenvalue weighted by Gasteiger charge is -2.23. The van der Waals surface area contributed by atoms with Crippen molar-refractivity contribution in [1.82, 2.24) is 10.1 Å². The van der Waals surface area contributed by atoms with Crippen LogP contribution in [0.2, 0.25) is 0 Å². The number of nitrogens with zero attached hydrogens (tertiary/aromatic N) is 2. The summed E-state index contributed by atoms with van der Waals surface area (Å²) in [4.78, 5) is 4.03. The van der Waals surface area contributed by atoms with Gasteiger partial charge in [-0.15, -0.1) is 0 Å². The molecule has 0 amide bonds. The van der Waals surface area contributed by atoms with Crippen LogP contribution < -0.4 is 5.73 Å². The second-order valence-corrected chi connectivity index (χ2v) is 5.85. The predicted octanol–water partition coefficient (Wildman–Crippen LogP) is 3.37. The minimum Gasteiger partial charge on any atom is -0.334 e. The number of benzene rings is 1. The molecule has 1 aromatic carbocycles. The number of hydrogen-bond acceptors (Lipinski definition) is 4. The highest BCUT2D eigenvalue weighted by Crippen LogP contribution is 2.31. The fraction of sp³-hybridized carbons (Fsp3) is 0.429. The van der Waals surface area contributed by atoms with Crippen molar-refractivity contribution in [2.45, 2.75) is 33.7 Å². The van der Waals surface area contributed by atoms with Crippen LogP contribution in [0, 0.1) is 24.0 Å². The molecule has 1 unspecified atom stereocenters. The van der Waals surface area contributed by atoms with Gasteiger partial charge in [0.1, 0.15) is 17.2 Å². The minimum absolute atomic E-state index is 0.196. The van der Waals surface area contributed by atoms with E-state index in [1.54, 1.807) is 0 Å². The van der Waals surface area contributed by atoms with Crippen LogP contribution in [-0.4, -0.2) is 10.1 Å². The van der Waals surface area contributed by atoms with Gasteiger partial charge in [-0.1, -0.05) is 32.0 Å². The molecule has 0 radical (unpaired) electrons. The van der Waals surface area contributed by atoms with Gasteiger partial charge in [-0.3, -0.25) is 0 Å². The molecule has 0 spiro atoms. The molecule has 2 rings (SSSR count). The zero-order valence-corrected chi connectivity index (χ0v) is 11.9.